The van der Waals surface area contributed by atoms with Crippen molar-refractivity contribution >= 4 is 0 Å². The van der Waals surface area contributed by atoms with Crippen LogP contribution in [-0.4, -0.2) is 32.5 Å². The molecule has 1 saturated heterocycles. The highest BCUT2D eigenvalue weighted by Crippen LogP contribution is 2.38. The van der Waals surface area contributed by atoms with Crippen LogP contribution in [0.3, 0.4) is 0 Å². The molecule has 0 radical (unpaired) electrons. The first-order chi connectivity index (χ1) is 10.1. The lowest BCUT2D eigenvalue weighted by molar-refractivity contribution is -0.111. The molecule has 3 nitrogen and oxygen atoms in total. The third-order valence-corrected chi connectivity index (χ3v) is 4.45. The third-order valence-electron chi connectivity index (χ3n) is 4.45. The highest BCUT2D eigenvalue weighted by atomic mass is 16.5. The number of nitrogens with one attached hydrogen (secondary N) is 1. The zero-order chi connectivity index (χ0) is 15.3. The van der Waals surface area contributed by atoms with E-state index in [1.54, 1.807) is 0 Å². The Morgan fingerprint density at radius 1 is 1.19 bits per heavy atom. The molecule has 1 aliphatic rings. The first kappa shape index (κ1) is 16.5. The summed E-state index contributed by atoms with van der Waals surface area (Å²) in [4.78, 5) is 0. The number of rotatable bonds is 6. The fourth-order valence-electron chi connectivity index (χ4n) is 3.40. The van der Waals surface area contributed by atoms with Gasteiger partial charge in [0.2, 0.25) is 0 Å². The molecule has 0 spiro atoms. The Morgan fingerprint density at radius 2 is 1.81 bits per heavy atom. The summed E-state index contributed by atoms with van der Waals surface area (Å²) in [6.07, 6.45) is 3.01. The molecule has 1 aliphatic heterocycles. The van der Waals surface area contributed by atoms with Crippen molar-refractivity contribution in [3.05, 3.63) is 34.9 Å². The quantitative estimate of drug-likeness (QED) is 0.869. The molecule has 1 fully saturated rings. The molecule has 1 N–H and O–H groups in total. The summed E-state index contributed by atoms with van der Waals surface area (Å²) in [7, 11) is 1.84. The minimum absolute atomic E-state index is 0.159. The van der Waals surface area contributed by atoms with E-state index >= 15 is 0 Å². The van der Waals surface area contributed by atoms with Crippen LogP contribution in [-0.2, 0) is 9.47 Å². The Labute approximate surface area is 129 Å². The van der Waals surface area contributed by atoms with Gasteiger partial charge in [-0.1, -0.05) is 36.2 Å². The second-order valence-electron chi connectivity index (χ2n) is 6.19. The van der Waals surface area contributed by atoms with E-state index in [1.807, 2.05) is 7.11 Å². The van der Waals surface area contributed by atoms with Crippen molar-refractivity contribution in [2.24, 2.45) is 0 Å². The molecular formula is C18H29NO2. The summed E-state index contributed by atoms with van der Waals surface area (Å²) in [5.41, 5.74) is 3.80. The Morgan fingerprint density at radius 3 is 2.33 bits per heavy atom. The second kappa shape index (κ2) is 7.39. The topological polar surface area (TPSA) is 30.5 Å². The SMILES string of the molecule is CCCNC(c1cc(C)cc(C)c1)C1(OC)CCOCC1. The average Bonchev–Trinajstić information content (AvgIpc) is 2.47. The van der Waals surface area contributed by atoms with Crippen LogP contribution in [0, 0.1) is 13.8 Å². The highest BCUT2D eigenvalue weighted by Gasteiger charge is 2.41. The van der Waals surface area contributed by atoms with Gasteiger partial charge in [0.25, 0.3) is 0 Å². The van der Waals surface area contributed by atoms with E-state index in [-0.39, 0.29) is 11.6 Å². The summed E-state index contributed by atoms with van der Waals surface area (Å²) in [6, 6.07) is 7.03. The van der Waals surface area contributed by atoms with Crippen LogP contribution >= 0.6 is 0 Å². The Hall–Kier alpha value is -0.900. The van der Waals surface area contributed by atoms with Gasteiger partial charge in [-0.05, 0) is 32.4 Å². The number of methoxy groups -OCH3 is 1. The van der Waals surface area contributed by atoms with Gasteiger partial charge < -0.3 is 14.8 Å². The predicted molar refractivity (Wildman–Crippen MR) is 86.7 cm³/mol. The minimum atomic E-state index is -0.159. The van der Waals surface area contributed by atoms with Gasteiger partial charge in [-0.2, -0.15) is 0 Å². The first-order valence-corrected chi connectivity index (χ1v) is 8.06. The molecule has 0 amide bonds. The maximum atomic E-state index is 6.03. The van der Waals surface area contributed by atoms with Crippen LogP contribution < -0.4 is 5.32 Å². The van der Waals surface area contributed by atoms with E-state index in [2.05, 4.69) is 44.3 Å². The highest BCUT2D eigenvalue weighted by molar-refractivity contribution is 5.32. The van der Waals surface area contributed by atoms with Gasteiger partial charge in [0, 0.05) is 33.2 Å². The van der Waals surface area contributed by atoms with Gasteiger partial charge in [-0.25, -0.2) is 0 Å². The Kier molecular flexibility index (Phi) is 5.80. The molecule has 2 rings (SSSR count). The monoisotopic (exact) mass is 291 g/mol. The summed E-state index contributed by atoms with van der Waals surface area (Å²) in [5, 5.41) is 3.72. The summed E-state index contributed by atoms with van der Waals surface area (Å²) in [6.45, 7) is 9.10. The van der Waals surface area contributed by atoms with Gasteiger partial charge in [-0.15, -0.1) is 0 Å². The van der Waals surface area contributed by atoms with Gasteiger partial charge in [-0.3, -0.25) is 0 Å². The van der Waals surface area contributed by atoms with Crippen LogP contribution in [0.4, 0.5) is 0 Å². The van der Waals surface area contributed by atoms with Crippen molar-refractivity contribution in [1.29, 1.82) is 0 Å². The van der Waals surface area contributed by atoms with Crippen LogP contribution in [0.15, 0.2) is 18.2 Å². The van der Waals surface area contributed by atoms with Crippen molar-refractivity contribution in [1.82, 2.24) is 5.32 Å². The smallest absolute Gasteiger partial charge is 0.0916 e. The molecule has 21 heavy (non-hydrogen) atoms. The summed E-state index contributed by atoms with van der Waals surface area (Å²) < 4.78 is 11.6. The molecule has 1 aromatic carbocycles. The molecule has 1 aromatic rings. The molecule has 0 saturated carbocycles. The lowest BCUT2D eigenvalue weighted by Crippen LogP contribution is -2.49. The summed E-state index contributed by atoms with van der Waals surface area (Å²) in [5.74, 6) is 0. The standard InChI is InChI=1S/C18H29NO2/c1-5-8-19-17(16-12-14(2)11-15(3)13-16)18(20-4)6-9-21-10-7-18/h11-13,17,19H,5-10H2,1-4H3. The number of benzene rings is 1. The molecule has 1 heterocycles. The summed E-state index contributed by atoms with van der Waals surface area (Å²) >= 11 is 0. The van der Waals surface area contributed by atoms with E-state index in [1.165, 1.54) is 16.7 Å². The van der Waals surface area contributed by atoms with Crippen LogP contribution in [0.1, 0.15) is 48.9 Å². The maximum absolute atomic E-state index is 6.03. The molecule has 1 unspecified atom stereocenters. The van der Waals surface area contributed by atoms with Crippen LogP contribution in [0.25, 0.3) is 0 Å². The van der Waals surface area contributed by atoms with E-state index in [0.717, 1.165) is 39.0 Å². The van der Waals surface area contributed by atoms with E-state index in [0.29, 0.717) is 0 Å². The minimum Gasteiger partial charge on any atom is -0.381 e. The zero-order valence-corrected chi connectivity index (χ0v) is 13.9. The van der Waals surface area contributed by atoms with Crippen molar-refractivity contribution in [3.63, 3.8) is 0 Å². The van der Waals surface area contributed by atoms with Crippen LogP contribution in [0.5, 0.6) is 0 Å². The van der Waals surface area contributed by atoms with E-state index in [4.69, 9.17) is 9.47 Å². The van der Waals surface area contributed by atoms with Crippen molar-refractivity contribution in [3.8, 4) is 0 Å². The molecule has 0 aromatic heterocycles. The average molecular weight is 291 g/mol. The van der Waals surface area contributed by atoms with E-state index in [9.17, 15) is 0 Å². The first-order valence-electron chi connectivity index (χ1n) is 8.06. The molecule has 1 atom stereocenters. The molecular weight excluding hydrogens is 262 g/mol. The van der Waals surface area contributed by atoms with Gasteiger partial charge in [0.15, 0.2) is 0 Å². The van der Waals surface area contributed by atoms with Gasteiger partial charge in [0.05, 0.1) is 11.6 Å². The molecule has 118 valence electrons. The number of aryl methyl sites for hydroxylation is 2. The van der Waals surface area contributed by atoms with Crippen molar-refractivity contribution in [2.75, 3.05) is 26.9 Å². The largest absolute Gasteiger partial charge is 0.381 e. The fourth-order valence-corrected chi connectivity index (χ4v) is 3.40. The third kappa shape index (κ3) is 3.85. The zero-order valence-electron chi connectivity index (χ0n) is 13.9. The maximum Gasteiger partial charge on any atom is 0.0916 e. The number of hydrogen-bond donors (Lipinski definition) is 1. The predicted octanol–water partition coefficient (Wildman–Crippen LogP) is 3.54. The van der Waals surface area contributed by atoms with Crippen molar-refractivity contribution < 1.29 is 9.47 Å². The Bertz CT molecular complexity index is 432. The number of hydrogen-bond acceptors (Lipinski definition) is 3. The van der Waals surface area contributed by atoms with E-state index < -0.39 is 0 Å². The Balaban J connectivity index is 2.35. The number of ether oxygens (including phenoxy) is 2. The lowest BCUT2D eigenvalue weighted by Gasteiger charge is -2.43. The van der Waals surface area contributed by atoms with Gasteiger partial charge >= 0.3 is 0 Å². The molecule has 3 heteroatoms. The van der Waals surface area contributed by atoms with Gasteiger partial charge in [0.1, 0.15) is 0 Å². The normalized spacial score (nSPS) is 19.4. The fraction of sp³-hybridized carbons (Fsp3) is 0.667. The van der Waals surface area contributed by atoms with Crippen molar-refractivity contribution in [2.45, 2.75) is 51.7 Å². The second-order valence-corrected chi connectivity index (χ2v) is 6.19. The van der Waals surface area contributed by atoms with Crippen LogP contribution in [0.2, 0.25) is 0 Å². The molecule has 0 bridgehead atoms. The lowest BCUT2D eigenvalue weighted by atomic mass is 9.81. The molecule has 0 aliphatic carbocycles.